The minimum absolute atomic E-state index is 0.400. The predicted molar refractivity (Wildman–Crippen MR) is 34.0 cm³/mol. The van der Waals surface area contributed by atoms with Crippen LogP contribution in [0, 0.1) is 5.82 Å². The Hall–Kier alpha value is -0.458. The van der Waals surface area contributed by atoms with E-state index in [0.717, 1.165) is 12.1 Å². The molecule has 0 N–H and O–H groups in total. The van der Waals surface area contributed by atoms with E-state index in [0.29, 0.717) is 0 Å². The number of benzene rings is 1. The van der Waals surface area contributed by atoms with Crippen molar-refractivity contribution in [3.63, 3.8) is 0 Å². The Balaban J connectivity index is 3.03. The van der Waals surface area contributed by atoms with Crippen LogP contribution in [0.1, 0.15) is 0 Å². The molecule has 0 unspecified atom stereocenters. The zero-order valence-electron chi connectivity index (χ0n) is 5.02. The summed E-state index contributed by atoms with van der Waals surface area (Å²) >= 11 is -3.94. The maximum Gasteiger partial charge on any atom is 0.805 e. The van der Waals surface area contributed by atoms with Gasteiger partial charge in [0.25, 0.3) is 0 Å². The maximum atomic E-state index is 12.4. The molecular formula is C6H4AlF3. The van der Waals surface area contributed by atoms with E-state index in [1.54, 1.807) is 0 Å². The Morgan fingerprint density at radius 2 is 1.70 bits per heavy atom. The maximum absolute atomic E-state index is 12.4. The van der Waals surface area contributed by atoms with Crippen molar-refractivity contribution in [1.82, 2.24) is 0 Å². The first-order chi connectivity index (χ1) is 4.72. The molecule has 1 aromatic rings. The third-order valence-corrected chi connectivity index (χ3v) is 2.08. The molecule has 0 fully saturated rings. The van der Waals surface area contributed by atoms with Crippen LogP contribution in [0.25, 0.3) is 0 Å². The lowest BCUT2D eigenvalue weighted by molar-refractivity contribution is 0.622. The van der Waals surface area contributed by atoms with Crippen LogP contribution >= 0.6 is 0 Å². The molecule has 0 aliphatic carbocycles. The van der Waals surface area contributed by atoms with Gasteiger partial charge in [-0.1, -0.05) is 18.2 Å². The van der Waals surface area contributed by atoms with Crippen LogP contribution in [0.15, 0.2) is 24.3 Å². The van der Waals surface area contributed by atoms with Crippen LogP contribution in [-0.2, 0) is 0 Å². The lowest BCUT2D eigenvalue weighted by atomic mass is 10.3. The van der Waals surface area contributed by atoms with E-state index >= 15 is 0 Å². The first kappa shape index (κ1) is 7.65. The molecule has 0 atom stereocenters. The summed E-state index contributed by atoms with van der Waals surface area (Å²) in [4.78, 5) is 0. The molecule has 52 valence electrons. The predicted octanol–water partition coefficient (Wildman–Crippen LogP) is 1.46. The summed E-state index contributed by atoms with van der Waals surface area (Å²) in [5, 5.41) is 0. The molecular weight excluding hydrogens is 156 g/mol. The second kappa shape index (κ2) is 3.09. The van der Waals surface area contributed by atoms with Crippen molar-refractivity contribution in [2.24, 2.45) is 0 Å². The van der Waals surface area contributed by atoms with Gasteiger partial charge < -0.3 is 7.05 Å². The van der Waals surface area contributed by atoms with Crippen molar-refractivity contribution in [1.29, 1.82) is 0 Å². The molecule has 0 aliphatic heterocycles. The van der Waals surface area contributed by atoms with E-state index in [1.165, 1.54) is 12.1 Å². The van der Waals surface area contributed by atoms with Gasteiger partial charge in [-0.2, -0.15) is 0 Å². The monoisotopic (exact) mass is 160 g/mol. The van der Waals surface area contributed by atoms with Gasteiger partial charge in [-0.25, -0.2) is 4.39 Å². The Kier molecular flexibility index (Phi) is 2.36. The average molecular weight is 160 g/mol. The third kappa shape index (κ3) is 1.53. The summed E-state index contributed by atoms with van der Waals surface area (Å²) in [7, 11) is 0. The highest BCUT2D eigenvalue weighted by atomic mass is 27.3. The smallest absolute Gasteiger partial charge is 0.370 e. The highest BCUT2D eigenvalue weighted by Crippen LogP contribution is 1.96. The van der Waals surface area contributed by atoms with Crippen LogP contribution in [0.2, 0.25) is 0 Å². The first-order valence-electron chi connectivity index (χ1n) is 2.74. The van der Waals surface area contributed by atoms with Gasteiger partial charge in [0, 0.05) is 0 Å². The molecule has 0 spiro atoms. The molecule has 0 nitrogen and oxygen atoms in total. The largest absolute Gasteiger partial charge is 0.805 e. The lowest BCUT2D eigenvalue weighted by Crippen LogP contribution is -2.23. The summed E-state index contributed by atoms with van der Waals surface area (Å²) in [5.41, 5.74) is 0. The van der Waals surface area contributed by atoms with Gasteiger partial charge in [-0.3, -0.25) is 0 Å². The van der Waals surface area contributed by atoms with Gasteiger partial charge in [-0.05, 0) is 10.5 Å². The zero-order valence-corrected chi connectivity index (χ0v) is 6.18. The molecule has 10 heavy (non-hydrogen) atoms. The van der Waals surface area contributed by atoms with Crippen LogP contribution in [0.4, 0.5) is 11.4 Å². The van der Waals surface area contributed by atoms with Crippen molar-refractivity contribution < 1.29 is 11.4 Å². The van der Waals surface area contributed by atoms with E-state index in [9.17, 15) is 11.4 Å². The number of halogens is 3. The fourth-order valence-corrected chi connectivity index (χ4v) is 1.21. The van der Waals surface area contributed by atoms with Crippen molar-refractivity contribution in [2.75, 3.05) is 0 Å². The summed E-state index contributed by atoms with van der Waals surface area (Å²) in [6.07, 6.45) is 0. The lowest BCUT2D eigenvalue weighted by Gasteiger charge is -1.93. The second-order valence-corrected chi connectivity index (χ2v) is 3.05. The highest BCUT2D eigenvalue weighted by Gasteiger charge is 2.27. The summed E-state index contributed by atoms with van der Waals surface area (Å²) in [6.45, 7) is 0. The van der Waals surface area contributed by atoms with Crippen LogP contribution in [-0.4, -0.2) is 15.1 Å². The van der Waals surface area contributed by atoms with E-state index < -0.39 is 25.3 Å². The van der Waals surface area contributed by atoms with E-state index in [4.69, 9.17) is 0 Å². The molecule has 0 amide bonds. The van der Waals surface area contributed by atoms with Gasteiger partial charge in [0.05, 0.1) is 0 Å². The van der Waals surface area contributed by atoms with Crippen LogP contribution in [0.5, 0.6) is 0 Å². The zero-order chi connectivity index (χ0) is 7.56. The van der Waals surface area contributed by atoms with Gasteiger partial charge in [0.15, 0.2) is 0 Å². The minimum atomic E-state index is -3.94. The molecule has 0 heterocycles. The SMILES string of the molecule is Fc1cccc[c]1[Al]([F])[F]. The fourth-order valence-electron chi connectivity index (χ4n) is 0.652. The molecule has 0 bridgehead atoms. The van der Waals surface area contributed by atoms with Crippen LogP contribution in [0.3, 0.4) is 0 Å². The third-order valence-electron chi connectivity index (χ3n) is 1.14. The molecule has 0 aromatic heterocycles. The highest BCUT2D eigenvalue weighted by molar-refractivity contribution is 6.60. The van der Waals surface area contributed by atoms with Crippen LogP contribution < -0.4 is 4.43 Å². The first-order valence-corrected chi connectivity index (χ1v) is 4.19. The second-order valence-electron chi connectivity index (χ2n) is 1.82. The molecule has 1 aromatic carbocycles. The van der Waals surface area contributed by atoms with Gasteiger partial charge >= 0.3 is 15.1 Å². The number of hydrogen-bond donors (Lipinski definition) is 0. The van der Waals surface area contributed by atoms with Gasteiger partial charge in [0.1, 0.15) is 5.82 Å². The Bertz CT molecular complexity index is 224. The molecule has 0 radical (unpaired) electrons. The van der Waals surface area contributed by atoms with Crippen molar-refractivity contribution in [3.8, 4) is 0 Å². The Morgan fingerprint density at radius 3 is 2.10 bits per heavy atom. The molecule has 0 aliphatic rings. The fraction of sp³-hybridized carbons (Fsp3) is 0. The van der Waals surface area contributed by atoms with Crippen molar-refractivity contribution in [2.45, 2.75) is 0 Å². The molecule has 0 saturated carbocycles. The Morgan fingerprint density at radius 1 is 1.10 bits per heavy atom. The molecule has 1 rings (SSSR count). The summed E-state index contributed by atoms with van der Waals surface area (Å²) in [6, 6.07) is 4.99. The van der Waals surface area contributed by atoms with Gasteiger partial charge in [-0.15, -0.1) is 0 Å². The molecule has 4 heteroatoms. The quantitative estimate of drug-likeness (QED) is 0.545. The minimum Gasteiger partial charge on any atom is -0.370 e. The summed E-state index contributed by atoms with van der Waals surface area (Å²) in [5.74, 6) is -0.788. The normalized spacial score (nSPS) is 9.50. The number of hydrogen-bond acceptors (Lipinski definition) is 0. The van der Waals surface area contributed by atoms with E-state index in [1.807, 2.05) is 0 Å². The van der Waals surface area contributed by atoms with Crippen molar-refractivity contribution >= 4 is 19.5 Å². The van der Waals surface area contributed by atoms with Crippen molar-refractivity contribution in [3.05, 3.63) is 30.1 Å². The van der Waals surface area contributed by atoms with E-state index in [2.05, 4.69) is 0 Å². The molecule has 0 saturated heterocycles. The number of rotatable bonds is 1. The topological polar surface area (TPSA) is 0 Å². The standard InChI is InChI=1S/C6H4F.Al.2FH/c7-6-4-2-1-3-5-6;;;/h1-4H;;2*1H/q;+2;;/p-2. The van der Waals surface area contributed by atoms with E-state index in [-0.39, 0.29) is 0 Å². The average Bonchev–Trinajstić information content (AvgIpc) is 1.88. The van der Waals surface area contributed by atoms with Gasteiger partial charge in [0.2, 0.25) is 0 Å². The Labute approximate surface area is 61.6 Å². The summed E-state index contributed by atoms with van der Waals surface area (Å²) < 4.78 is 35.8.